The molecule has 0 bridgehead atoms. The molecule has 2 atom stereocenters. The first-order valence-electron chi connectivity index (χ1n) is 8.37. The van der Waals surface area contributed by atoms with Crippen molar-refractivity contribution in [3.05, 3.63) is 60.1 Å². The lowest BCUT2D eigenvalue weighted by Crippen LogP contribution is -2.43. The molecule has 1 heterocycles. The summed E-state index contributed by atoms with van der Waals surface area (Å²) in [6.45, 7) is 3.46. The number of carbonyl (C=O) groups excluding carboxylic acids is 3. The van der Waals surface area contributed by atoms with Crippen molar-refractivity contribution in [3.8, 4) is 0 Å². The summed E-state index contributed by atoms with van der Waals surface area (Å²) in [5, 5.41) is 0. The van der Waals surface area contributed by atoms with E-state index in [0.29, 0.717) is 0 Å². The van der Waals surface area contributed by atoms with Crippen LogP contribution >= 0.6 is 0 Å². The first-order valence-corrected chi connectivity index (χ1v) is 8.37. The molecule has 0 saturated carbocycles. The summed E-state index contributed by atoms with van der Waals surface area (Å²) in [5.41, 5.74) is 5.20. The van der Waals surface area contributed by atoms with E-state index in [9.17, 15) is 14.4 Å². The van der Waals surface area contributed by atoms with Crippen LogP contribution in [0, 0.1) is 5.92 Å². The number of amides is 2. The summed E-state index contributed by atoms with van der Waals surface area (Å²) < 4.78 is 10.0. The van der Waals surface area contributed by atoms with E-state index >= 15 is 0 Å². The molecule has 138 valence electrons. The van der Waals surface area contributed by atoms with Gasteiger partial charge in [0.1, 0.15) is 0 Å². The Bertz CT molecular complexity index is 728. The summed E-state index contributed by atoms with van der Waals surface area (Å²) in [7, 11) is 0. The van der Waals surface area contributed by atoms with Crippen LogP contribution in [0.2, 0.25) is 0 Å². The minimum atomic E-state index is -0.644. The quantitative estimate of drug-likeness (QED) is 0.585. The maximum absolute atomic E-state index is 12.5. The molecular weight excluding hydrogens is 336 g/mol. The molecular formula is C19H22N2O5. The first kappa shape index (κ1) is 19.2. The van der Waals surface area contributed by atoms with Crippen LogP contribution in [-0.4, -0.2) is 24.4 Å². The minimum Gasteiger partial charge on any atom is -0.459 e. The molecule has 0 spiro atoms. The Morgan fingerprint density at radius 1 is 1.08 bits per heavy atom. The average molecular weight is 358 g/mol. The van der Waals surface area contributed by atoms with Crippen molar-refractivity contribution in [2.75, 3.05) is 6.61 Å². The van der Waals surface area contributed by atoms with Crippen molar-refractivity contribution in [2.45, 2.75) is 26.2 Å². The van der Waals surface area contributed by atoms with Gasteiger partial charge in [0.05, 0.1) is 12.2 Å². The highest BCUT2D eigenvalue weighted by Crippen LogP contribution is 2.28. The van der Waals surface area contributed by atoms with Gasteiger partial charge in [-0.1, -0.05) is 50.6 Å². The average Bonchev–Trinajstić information content (AvgIpc) is 3.20. The number of hydrazine groups is 1. The van der Waals surface area contributed by atoms with Crippen LogP contribution in [0.4, 0.5) is 0 Å². The van der Waals surface area contributed by atoms with E-state index in [1.807, 2.05) is 44.2 Å². The summed E-state index contributed by atoms with van der Waals surface area (Å²) in [5.74, 6) is -2.05. The van der Waals surface area contributed by atoms with Crippen LogP contribution < -0.4 is 10.9 Å². The van der Waals surface area contributed by atoms with E-state index in [4.69, 9.17) is 9.15 Å². The Kier molecular flexibility index (Phi) is 6.96. The Morgan fingerprint density at radius 2 is 1.81 bits per heavy atom. The molecule has 2 aromatic rings. The number of benzene rings is 1. The van der Waals surface area contributed by atoms with E-state index in [1.165, 1.54) is 12.3 Å². The van der Waals surface area contributed by atoms with Gasteiger partial charge in [-0.25, -0.2) is 0 Å². The standard InChI is InChI=1S/C19H22N2O5/c1-3-13(2)17(14-8-5-4-6-9-14)19(24)26-12-16(22)20-21-18(23)15-10-7-11-25-15/h4-11,13,17H,3,12H2,1-2H3,(H,20,22)(H,21,23)/t13-,17-/m1/s1. The van der Waals surface area contributed by atoms with Gasteiger partial charge >= 0.3 is 11.9 Å². The van der Waals surface area contributed by atoms with Gasteiger partial charge in [-0.3, -0.25) is 25.2 Å². The van der Waals surface area contributed by atoms with Crippen molar-refractivity contribution >= 4 is 17.8 Å². The Hall–Kier alpha value is -3.09. The van der Waals surface area contributed by atoms with Gasteiger partial charge in [0, 0.05) is 0 Å². The number of rotatable bonds is 7. The fourth-order valence-electron chi connectivity index (χ4n) is 2.45. The molecule has 0 unspecified atom stereocenters. The number of ether oxygens (including phenoxy) is 1. The number of hydrogen-bond acceptors (Lipinski definition) is 5. The van der Waals surface area contributed by atoms with Crippen LogP contribution in [0.1, 0.15) is 42.3 Å². The molecule has 0 aliphatic heterocycles. The number of hydrogen-bond donors (Lipinski definition) is 2. The lowest BCUT2D eigenvalue weighted by Gasteiger charge is -2.21. The number of esters is 1. The molecule has 0 fully saturated rings. The zero-order valence-corrected chi connectivity index (χ0v) is 14.7. The molecule has 1 aromatic heterocycles. The van der Waals surface area contributed by atoms with E-state index in [2.05, 4.69) is 10.9 Å². The molecule has 2 rings (SSSR count). The highest BCUT2D eigenvalue weighted by Gasteiger charge is 2.27. The third-order valence-electron chi connectivity index (χ3n) is 4.03. The van der Waals surface area contributed by atoms with Gasteiger partial charge in [0.25, 0.3) is 5.91 Å². The highest BCUT2D eigenvalue weighted by atomic mass is 16.5. The molecule has 7 nitrogen and oxygen atoms in total. The number of furan rings is 1. The van der Waals surface area contributed by atoms with Crippen LogP contribution in [0.25, 0.3) is 0 Å². The molecule has 1 aromatic carbocycles. The fourth-order valence-corrected chi connectivity index (χ4v) is 2.45. The monoisotopic (exact) mass is 358 g/mol. The molecule has 2 N–H and O–H groups in total. The number of nitrogens with one attached hydrogen (secondary N) is 2. The van der Waals surface area contributed by atoms with Crippen molar-refractivity contribution in [2.24, 2.45) is 5.92 Å². The Morgan fingerprint density at radius 3 is 2.42 bits per heavy atom. The Balaban J connectivity index is 1.87. The maximum Gasteiger partial charge on any atom is 0.314 e. The molecule has 26 heavy (non-hydrogen) atoms. The molecule has 0 aliphatic carbocycles. The molecule has 0 radical (unpaired) electrons. The van der Waals surface area contributed by atoms with Crippen LogP contribution in [0.5, 0.6) is 0 Å². The molecule has 0 saturated heterocycles. The minimum absolute atomic E-state index is 0.0585. The van der Waals surface area contributed by atoms with Crippen molar-refractivity contribution < 1.29 is 23.5 Å². The lowest BCUT2D eigenvalue weighted by atomic mass is 9.86. The predicted octanol–water partition coefficient (Wildman–Crippen LogP) is 2.41. The second-order valence-electron chi connectivity index (χ2n) is 5.86. The molecule has 0 aliphatic rings. The van der Waals surface area contributed by atoms with Gasteiger partial charge < -0.3 is 9.15 Å². The first-order chi connectivity index (χ1) is 12.5. The van der Waals surface area contributed by atoms with Gasteiger partial charge in [-0.05, 0) is 23.6 Å². The second kappa shape index (κ2) is 9.41. The van der Waals surface area contributed by atoms with Gasteiger partial charge in [-0.2, -0.15) is 0 Å². The summed E-state index contributed by atoms with van der Waals surface area (Å²) in [4.78, 5) is 35.9. The van der Waals surface area contributed by atoms with Crippen LogP contribution in [0.15, 0.2) is 53.1 Å². The van der Waals surface area contributed by atoms with Crippen molar-refractivity contribution in [1.29, 1.82) is 0 Å². The SMILES string of the molecule is CC[C@@H](C)[C@@H](C(=O)OCC(=O)NNC(=O)c1ccco1)c1ccccc1. The van der Waals surface area contributed by atoms with Crippen molar-refractivity contribution in [3.63, 3.8) is 0 Å². The maximum atomic E-state index is 12.5. The van der Waals surface area contributed by atoms with E-state index < -0.39 is 30.3 Å². The zero-order valence-electron chi connectivity index (χ0n) is 14.7. The fraction of sp³-hybridized carbons (Fsp3) is 0.316. The van der Waals surface area contributed by atoms with Gasteiger partial charge in [0.15, 0.2) is 12.4 Å². The molecule has 7 heteroatoms. The van der Waals surface area contributed by atoms with E-state index in [0.717, 1.165) is 12.0 Å². The summed E-state index contributed by atoms with van der Waals surface area (Å²) in [6.07, 6.45) is 2.14. The van der Waals surface area contributed by atoms with Crippen molar-refractivity contribution in [1.82, 2.24) is 10.9 Å². The predicted molar refractivity (Wildman–Crippen MR) is 93.9 cm³/mol. The Labute approximate surface area is 151 Å². The third-order valence-corrected chi connectivity index (χ3v) is 4.03. The van der Waals surface area contributed by atoms with E-state index in [-0.39, 0.29) is 11.7 Å². The normalized spacial score (nSPS) is 12.7. The third kappa shape index (κ3) is 5.20. The largest absolute Gasteiger partial charge is 0.459 e. The lowest BCUT2D eigenvalue weighted by molar-refractivity contribution is -0.151. The number of carbonyl (C=O) groups is 3. The van der Waals surface area contributed by atoms with Crippen LogP contribution in [-0.2, 0) is 14.3 Å². The summed E-state index contributed by atoms with van der Waals surface area (Å²) >= 11 is 0. The highest BCUT2D eigenvalue weighted by molar-refractivity contribution is 5.93. The van der Waals surface area contributed by atoms with E-state index in [1.54, 1.807) is 6.07 Å². The smallest absolute Gasteiger partial charge is 0.314 e. The molecule has 2 amide bonds. The van der Waals surface area contributed by atoms with Gasteiger partial charge in [-0.15, -0.1) is 0 Å². The van der Waals surface area contributed by atoms with Crippen LogP contribution in [0.3, 0.4) is 0 Å². The summed E-state index contributed by atoms with van der Waals surface area (Å²) in [6, 6.07) is 12.3. The zero-order chi connectivity index (χ0) is 18.9. The topological polar surface area (TPSA) is 97.6 Å². The second-order valence-corrected chi connectivity index (χ2v) is 5.86. The van der Waals surface area contributed by atoms with Gasteiger partial charge in [0.2, 0.25) is 0 Å².